The molecule has 0 spiro atoms. The molecule has 0 aliphatic carbocycles. The third-order valence-corrected chi connectivity index (χ3v) is 3.83. The Kier molecular flexibility index (Phi) is 3.95. The van der Waals surface area contributed by atoms with E-state index in [0.717, 1.165) is 0 Å². The SMILES string of the molecule is CC(=O)C(c1ccccc1)c1c([N+](=O)[O-])c2ccccc2oc1=O. The number of Topliss-reactive ketones (excluding diaryl/α,β-unsaturated/α-hetero) is 1. The zero-order chi connectivity index (χ0) is 17.3. The van der Waals surface area contributed by atoms with Gasteiger partial charge < -0.3 is 4.42 Å². The Balaban J connectivity index is 2.41. The molecule has 0 saturated heterocycles. The number of nitrogens with zero attached hydrogens (tertiary/aromatic N) is 1. The van der Waals surface area contributed by atoms with Crippen LogP contribution in [0, 0.1) is 10.1 Å². The van der Waals surface area contributed by atoms with E-state index in [9.17, 15) is 19.7 Å². The summed E-state index contributed by atoms with van der Waals surface area (Å²) in [6.45, 7) is 1.30. The zero-order valence-corrected chi connectivity index (χ0v) is 12.8. The Hall–Kier alpha value is -3.28. The van der Waals surface area contributed by atoms with Crippen molar-refractivity contribution in [2.75, 3.05) is 0 Å². The number of nitro groups is 1. The highest BCUT2D eigenvalue weighted by molar-refractivity contribution is 5.93. The molecule has 6 heteroatoms. The lowest BCUT2D eigenvalue weighted by atomic mass is 9.87. The topological polar surface area (TPSA) is 90.4 Å². The lowest BCUT2D eigenvalue weighted by molar-refractivity contribution is -0.384. The molecule has 1 unspecified atom stereocenters. The van der Waals surface area contributed by atoms with E-state index < -0.39 is 16.5 Å². The largest absolute Gasteiger partial charge is 0.422 e. The van der Waals surface area contributed by atoms with Crippen LogP contribution in [0.25, 0.3) is 11.0 Å². The molecule has 1 heterocycles. The number of fused-ring (bicyclic) bond motifs is 1. The van der Waals surface area contributed by atoms with Crippen molar-refractivity contribution in [1.82, 2.24) is 0 Å². The molecule has 0 saturated carbocycles. The lowest BCUT2D eigenvalue weighted by Crippen LogP contribution is -2.21. The highest BCUT2D eigenvalue weighted by atomic mass is 16.6. The van der Waals surface area contributed by atoms with Gasteiger partial charge in [-0.15, -0.1) is 0 Å². The summed E-state index contributed by atoms with van der Waals surface area (Å²) in [6.07, 6.45) is 0. The Labute approximate surface area is 136 Å². The van der Waals surface area contributed by atoms with Gasteiger partial charge in [0.15, 0.2) is 0 Å². The molecule has 1 atom stereocenters. The number of para-hydroxylation sites is 1. The van der Waals surface area contributed by atoms with Crippen LogP contribution in [0.2, 0.25) is 0 Å². The summed E-state index contributed by atoms with van der Waals surface area (Å²) in [5, 5.41) is 11.9. The molecular weight excluding hydrogens is 310 g/mol. The second-order valence-corrected chi connectivity index (χ2v) is 5.36. The van der Waals surface area contributed by atoms with Crippen molar-refractivity contribution in [2.24, 2.45) is 0 Å². The van der Waals surface area contributed by atoms with Crippen LogP contribution in [0.4, 0.5) is 5.69 Å². The monoisotopic (exact) mass is 323 g/mol. The smallest absolute Gasteiger partial charge is 0.347 e. The highest BCUT2D eigenvalue weighted by Crippen LogP contribution is 2.35. The van der Waals surface area contributed by atoms with E-state index in [-0.39, 0.29) is 28.0 Å². The molecule has 3 rings (SSSR count). The van der Waals surface area contributed by atoms with E-state index >= 15 is 0 Å². The Morgan fingerprint density at radius 1 is 1.08 bits per heavy atom. The van der Waals surface area contributed by atoms with Crippen molar-refractivity contribution in [3.63, 3.8) is 0 Å². The van der Waals surface area contributed by atoms with Gasteiger partial charge in [0.25, 0.3) is 5.69 Å². The standard InChI is InChI=1S/C18H13NO5/c1-11(20)15(12-7-3-2-4-8-12)16-17(19(22)23)13-9-5-6-10-14(13)24-18(16)21/h2-10,15H,1H3. The molecule has 24 heavy (non-hydrogen) atoms. The van der Waals surface area contributed by atoms with E-state index in [1.807, 2.05) is 0 Å². The molecular formula is C18H13NO5. The summed E-state index contributed by atoms with van der Waals surface area (Å²) < 4.78 is 5.22. The van der Waals surface area contributed by atoms with Gasteiger partial charge in [-0.2, -0.15) is 0 Å². The first-order chi connectivity index (χ1) is 11.5. The second kappa shape index (κ2) is 6.08. The van der Waals surface area contributed by atoms with Gasteiger partial charge in [0.1, 0.15) is 16.9 Å². The number of hydrogen-bond acceptors (Lipinski definition) is 5. The van der Waals surface area contributed by atoms with Crippen LogP contribution >= 0.6 is 0 Å². The van der Waals surface area contributed by atoms with Gasteiger partial charge in [-0.1, -0.05) is 42.5 Å². The summed E-state index contributed by atoms with van der Waals surface area (Å²) in [6, 6.07) is 14.7. The van der Waals surface area contributed by atoms with Crippen LogP contribution in [0.15, 0.2) is 63.8 Å². The molecule has 0 bridgehead atoms. The first kappa shape index (κ1) is 15.6. The van der Waals surface area contributed by atoms with Crippen molar-refractivity contribution in [3.8, 4) is 0 Å². The van der Waals surface area contributed by atoms with Gasteiger partial charge in [0.05, 0.1) is 16.2 Å². The molecule has 0 N–H and O–H groups in total. The van der Waals surface area contributed by atoms with Crippen molar-refractivity contribution in [1.29, 1.82) is 0 Å². The molecule has 0 radical (unpaired) electrons. The van der Waals surface area contributed by atoms with Crippen molar-refractivity contribution in [2.45, 2.75) is 12.8 Å². The van der Waals surface area contributed by atoms with Crippen LogP contribution in [0.5, 0.6) is 0 Å². The Bertz CT molecular complexity index is 991. The highest BCUT2D eigenvalue weighted by Gasteiger charge is 2.33. The van der Waals surface area contributed by atoms with Gasteiger partial charge in [-0.25, -0.2) is 4.79 Å². The van der Waals surface area contributed by atoms with E-state index in [1.165, 1.54) is 19.1 Å². The van der Waals surface area contributed by atoms with Gasteiger partial charge in [-0.05, 0) is 24.6 Å². The number of benzene rings is 2. The van der Waals surface area contributed by atoms with Crippen LogP contribution in [-0.2, 0) is 4.79 Å². The zero-order valence-electron chi connectivity index (χ0n) is 12.8. The van der Waals surface area contributed by atoms with Crippen LogP contribution in [0.1, 0.15) is 24.0 Å². The molecule has 0 aliphatic heterocycles. The van der Waals surface area contributed by atoms with Crippen LogP contribution < -0.4 is 5.63 Å². The van der Waals surface area contributed by atoms with E-state index in [0.29, 0.717) is 5.56 Å². The van der Waals surface area contributed by atoms with Crippen molar-refractivity contribution >= 4 is 22.4 Å². The number of carbonyl (C=O) groups is 1. The quantitative estimate of drug-likeness (QED) is 0.417. The minimum absolute atomic E-state index is 0.119. The third kappa shape index (κ3) is 2.58. The summed E-state index contributed by atoms with van der Waals surface area (Å²) in [5.41, 5.74) is -0.864. The summed E-state index contributed by atoms with van der Waals surface area (Å²) in [5.74, 6) is -1.42. The van der Waals surface area contributed by atoms with E-state index in [4.69, 9.17) is 4.42 Å². The average Bonchev–Trinajstić information content (AvgIpc) is 2.55. The molecule has 6 nitrogen and oxygen atoms in total. The third-order valence-electron chi connectivity index (χ3n) is 3.83. The summed E-state index contributed by atoms with van der Waals surface area (Å²) in [7, 11) is 0. The normalized spacial score (nSPS) is 12.0. The van der Waals surface area contributed by atoms with Crippen molar-refractivity contribution < 1.29 is 14.1 Å². The van der Waals surface area contributed by atoms with Gasteiger partial charge in [0, 0.05) is 0 Å². The van der Waals surface area contributed by atoms with E-state index in [1.54, 1.807) is 42.5 Å². The molecule has 1 aromatic heterocycles. The van der Waals surface area contributed by atoms with Gasteiger partial charge in [-0.3, -0.25) is 14.9 Å². The summed E-state index contributed by atoms with van der Waals surface area (Å²) >= 11 is 0. The maximum absolute atomic E-state index is 12.5. The number of rotatable bonds is 4. The lowest BCUT2D eigenvalue weighted by Gasteiger charge is -2.14. The number of hydrogen-bond donors (Lipinski definition) is 0. The molecule has 2 aromatic carbocycles. The fraction of sp³-hybridized carbons (Fsp3) is 0.111. The predicted molar refractivity (Wildman–Crippen MR) is 88.1 cm³/mol. The first-order valence-corrected chi connectivity index (χ1v) is 7.26. The predicted octanol–water partition coefficient (Wildman–Crippen LogP) is 3.42. The molecule has 0 fully saturated rings. The maximum Gasteiger partial charge on any atom is 0.347 e. The minimum atomic E-state index is -1.05. The average molecular weight is 323 g/mol. The van der Waals surface area contributed by atoms with Gasteiger partial charge >= 0.3 is 5.63 Å². The fourth-order valence-corrected chi connectivity index (χ4v) is 2.85. The minimum Gasteiger partial charge on any atom is -0.422 e. The molecule has 0 aliphatic rings. The number of carbonyl (C=O) groups excluding carboxylic acids is 1. The van der Waals surface area contributed by atoms with E-state index in [2.05, 4.69) is 0 Å². The summed E-state index contributed by atoms with van der Waals surface area (Å²) in [4.78, 5) is 35.7. The molecule has 120 valence electrons. The fourth-order valence-electron chi connectivity index (χ4n) is 2.85. The Morgan fingerprint density at radius 3 is 2.33 bits per heavy atom. The van der Waals surface area contributed by atoms with Crippen LogP contribution in [-0.4, -0.2) is 10.7 Å². The molecule has 3 aromatic rings. The first-order valence-electron chi connectivity index (χ1n) is 7.26. The maximum atomic E-state index is 12.5. The Morgan fingerprint density at radius 2 is 1.71 bits per heavy atom. The molecule has 0 amide bonds. The van der Waals surface area contributed by atoms with Crippen molar-refractivity contribution in [3.05, 3.63) is 86.3 Å². The number of ketones is 1. The van der Waals surface area contributed by atoms with Crippen LogP contribution in [0.3, 0.4) is 0 Å². The second-order valence-electron chi connectivity index (χ2n) is 5.36. The van der Waals surface area contributed by atoms with Gasteiger partial charge in [0.2, 0.25) is 0 Å².